The van der Waals surface area contributed by atoms with E-state index in [0.29, 0.717) is 6.54 Å². The van der Waals surface area contributed by atoms with Crippen molar-refractivity contribution in [2.45, 2.75) is 25.9 Å². The van der Waals surface area contributed by atoms with Crippen LogP contribution in [0.3, 0.4) is 0 Å². The third-order valence-electron chi connectivity index (χ3n) is 3.85. The number of halogens is 1. The van der Waals surface area contributed by atoms with Gasteiger partial charge in [0.15, 0.2) is 0 Å². The molecule has 2 aromatic carbocycles. The van der Waals surface area contributed by atoms with Gasteiger partial charge in [0.1, 0.15) is 17.7 Å². The topological polar surface area (TPSA) is 35.2 Å². The first-order valence-corrected chi connectivity index (χ1v) is 6.94. The first-order chi connectivity index (χ1) is 9.69. The summed E-state index contributed by atoms with van der Waals surface area (Å²) < 4.78 is 19.9. The maximum Gasteiger partial charge on any atom is 0.131 e. The van der Waals surface area contributed by atoms with Crippen LogP contribution in [0.25, 0.3) is 11.1 Å². The molecule has 0 saturated heterocycles. The van der Waals surface area contributed by atoms with Crippen molar-refractivity contribution in [1.29, 1.82) is 0 Å². The predicted octanol–water partition coefficient (Wildman–Crippen LogP) is 3.45. The van der Waals surface area contributed by atoms with Gasteiger partial charge in [0.2, 0.25) is 0 Å². The van der Waals surface area contributed by atoms with E-state index in [4.69, 9.17) is 10.5 Å². The Labute approximate surface area is 118 Å². The Balaban J connectivity index is 2.16. The smallest absolute Gasteiger partial charge is 0.131 e. The van der Waals surface area contributed by atoms with E-state index in [0.717, 1.165) is 40.8 Å². The summed E-state index contributed by atoms with van der Waals surface area (Å²) in [4.78, 5) is 0. The van der Waals surface area contributed by atoms with Gasteiger partial charge in [-0.1, -0.05) is 24.3 Å². The van der Waals surface area contributed by atoms with E-state index in [1.807, 2.05) is 31.2 Å². The van der Waals surface area contributed by atoms with Crippen molar-refractivity contribution in [2.24, 2.45) is 5.73 Å². The molecule has 0 radical (unpaired) electrons. The summed E-state index contributed by atoms with van der Waals surface area (Å²) in [5.41, 5.74) is 9.60. The molecule has 0 saturated carbocycles. The Morgan fingerprint density at radius 2 is 2.05 bits per heavy atom. The third kappa shape index (κ3) is 2.29. The fourth-order valence-electron chi connectivity index (χ4n) is 2.76. The first-order valence-electron chi connectivity index (χ1n) is 6.94. The number of aryl methyl sites for hydroxylation is 2. The van der Waals surface area contributed by atoms with E-state index in [1.54, 1.807) is 12.1 Å². The zero-order chi connectivity index (χ0) is 14.1. The Morgan fingerprint density at radius 1 is 1.25 bits per heavy atom. The fraction of sp³-hybridized carbons (Fsp3) is 0.294. The van der Waals surface area contributed by atoms with E-state index in [1.165, 1.54) is 0 Å². The van der Waals surface area contributed by atoms with Crippen LogP contribution in [-0.4, -0.2) is 12.6 Å². The van der Waals surface area contributed by atoms with Crippen molar-refractivity contribution in [1.82, 2.24) is 0 Å². The van der Waals surface area contributed by atoms with Crippen LogP contribution in [0.2, 0.25) is 0 Å². The van der Waals surface area contributed by atoms with E-state index < -0.39 is 0 Å². The Morgan fingerprint density at radius 3 is 2.80 bits per heavy atom. The quantitative estimate of drug-likeness (QED) is 0.908. The summed E-state index contributed by atoms with van der Waals surface area (Å²) in [6, 6.07) is 11.1. The lowest BCUT2D eigenvalue weighted by molar-refractivity contribution is 0.182. The normalized spacial score (nSPS) is 17.4. The zero-order valence-electron chi connectivity index (χ0n) is 11.5. The second kappa shape index (κ2) is 5.25. The molecule has 0 bridgehead atoms. The van der Waals surface area contributed by atoms with E-state index in [-0.39, 0.29) is 11.9 Å². The summed E-state index contributed by atoms with van der Waals surface area (Å²) in [5.74, 6) is 0.583. The molecule has 1 heterocycles. The number of fused-ring (bicyclic) bond motifs is 1. The summed E-state index contributed by atoms with van der Waals surface area (Å²) in [6.45, 7) is 2.51. The molecule has 3 heteroatoms. The minimum atomic E-state index is -0.211. The monoisotopic (exact) mass is 271 g/mol. The highest BCUT2D eigenvalue weighted by Gasteiger charge is 2.23. The molecule has 3 rings (SSSR count). The summed E-state index contributed by atoms with van der Waals surface area (Å²) in [7, 11) is 0. The molecule has 1 unspecified atom stereocenters. The van der Waals surface area contributed by atoms with Gasteiger partial charge in [0.05, 0.1) is 0 Å². The van der Waals surface area contributed by atoms with E-state index in [9.17, 15) is 4.39 Å². The summed E-state index contributed by atoms with van der Waals surface area (Å²) in [5, 5.41) is 0. The van der Waals surface area contributed by atoms with Crippen LogP contribution >= 0.6 is 0 Å². The van der Waals surface area contributed by atoms with Crippen LogP contribution in [0.1, 0.15) is 17.5 Å². The highest BCUT2D eigenvalue weighted by Crippen LogP contribution is 2.39. The molecule has 2 N–H and O–H groups in total. The highest BCUT2D eigenvalue weighted by atomic mass is 19.1. The SMILES string of the molecule is Cc1ccccc1-c1cc(F)cc2c1OC(CN)CC2. The molecule has 20 heavy (non-hydrogen) atoms. The number of benzene rings is 2. The molecule has 1 atom stereocenters. The van der Waals surface area contributed by atoms with Crippen LogP contribution in [0, 0.1) is 12.7 Å². The number of hydrogen-bond donors (Lipinski definition) is 1. The molecular weight excluding hydrogens is 253 g/mol. The van der Waals surface area contributed by atoms with Gasteiger partial charge in [-0.05, 0) is 48.6 Å². The predicted molar refractivity (Wildman–Crippen MR) is 78.4 cm³/mol. The van der Waals surface area contributed by atoms with Crippen molar-refractivity contribution in [3.05, 3.63) is 53.3 Å². The summed E-state index contributed by atoms with van der Waals surface area (Å²) in [6.07, 6.45) is 1.68. The molecule has 1 aliphatic rings. The second-order valence-corrected chi connectivity index (χ2v) is 5.27. The molecule has 0 spiro atoms. The summed E-state index contributed by atoms with van der Waals surface area (Å²) >= 11 is 0. The Kier molecular flexibility index (Phi) is 3.45. The Hall–Kier alpha value is -1.87. The number of rotatable bonds is 2. The molecule has 0 amide bonds. The average molecular weight is 271 g/mol. The van der Waals surface area contributed by atoms with Gasteiger partial charge in [0, 0.05) is 12.1 Å². The van der Waals surface area contributed by atoms with Crippen LogP contribution in [0.15, 0.2) is 36.4 Å². The Bertz CT molecular complexity index is 639. The maximum absolute atomic E-state index is 13.9. The van der Waals surface area contributed by atoms with Crippen LogP contribution in [0.5, 0.6) is 5.75 Å². The molecule has 2 aromatic rings. The average Bonchev–Trinajstić information content (AvgIpc) is 2.46. The van der Waals surface area contributed by atoms with Crippen molar-refractivity contribution in [3.63, 3.8) is 0 Å². The second-order valence-electron chi connectivity index (χ2n) is 5.27. The maximum atomic E-state index is 13.9. The van der Waals surface area contributed by atoms with Gasteiger partial charge in [-0.3, -0.25) is 0 Å². The molecule has 104 valence electrons. The van der Waals surface area contributed by atoms with Gasteiger partial charge < -0.3 is 10.5 Å². The zero-order valence-corrected chi connectivity index (χ0v) is 11.5. The van der Waals surface area contributed by atoms with Gasteiger partial charge in [-0.15, -0.1) is 0 Å². The van der Waals surface area contributed by atoms with Crippen molar-refractivity contribution in [2.75, 3.05) is 6.54 Å². The van der Waals surface area contributed by atoms with Gasteiger partial charge in [-0.2, -0.15) is 0 Å². The minimum Gasteiger partial charge on any atom is -0.488 e. The first kappa shape index (κ1) is 13.1. The number of nitrogens with two attached hydrogens (primary N) is 1. The lowest BCUT2D eigenvalue weighted by Gasteiger charge is -2.27. The number of ether oxygens (including phenoxy) is 1. The van der Waals surface area contributed by atoms with E-state index in [2.05, 4.69) is 0 Å². The van der Waals surface area contributed by atoms with Crippen molar-refractivity contribution in [3.8, 4) is 16.9 Å². The van der Waals surface area contributed by atoms with Crippen molar-refractivity contribution >= 4 is 0 Å². The molecular formula is C17H18FNO. The molecule has 1 aliphatic heterocycles. The van der Waals surface area contributed by atoms with Gasteiger partial charge in [0.25, 0.3) is 0 Å². The van der Waals surface area contributed by atoms with E-state index >= 15 is 0 Å². The largest absolute Gasteiger partial charge is 0.488 e. The van der Waals surface area contributed by atoms with Gasteiger partial charge >= 0.3 is 0 Å². The lowest BCUT2D eigenvalue weighted by atomic mass is 9.93. The highest BCUT2D eigenvalue weighted by molar-refractivity contribution is 5.75. The minimum absolute atomic E-state index is 0.0238. The van der Waals surface area contributed by atoms with Crippen LogP contribution in [0.4, 0.5) is 4.39 Å². The fourth-order valence-corrected chi connectivity index (χ4v) is 2.76. The molecule has 0 aromatic heterocycles. The van der Waals surface area contributed by atoms with Crippen LogP contribution in [-0.2, 0) is 6.42 Å². The molecule has 2 nitrogen and oxygen atoms in total. The van der Waals surface area contributed by atoms with Crippen LogP contribution < -0.4 is 10.5 Å². The molecule has 0 fully saturated rings. The van der Waals surface area contributed by atoms with Gasteiger partial charge in [-0.25, -0.2) is 4.39 Å². The molecule has 0 aliphatic carbocycles. The lowest BCUT2D eigenvalue weighted by Crippen LogP contribution is -2.30. The standard InChI is InChI=1S/C17H18FNO/c1-11-4-2-3-5-15(11)16-9-13(18)8-12-6-7-14(10-19)20-17(12)16/h2-5,8-9,14H,6-7,10,19H2,1H3. The van der Waals surface area contributed by atoms with Crippen molar-refractivity contribution < 1.29 is 9.13 Å². The third-order valence-corrected chi connectivity index (χ3v) is 3.85. The number of hydrogen-bond acceptors (Lipinski definition) is 2.